The first-order chi connectivity index (χ1) is 18.2. The van der Waals surface area contributed by atoms with E-state index in [4.69, 9.17) is 21.3 Å². The van der Waals surface area contributed by atoms with Crippen LogP contribution in [0.15, 0.2) is 18.2 Å². The highest BCUT2D eigenvalue weighted by atomic mass is 19.4. The molecule has 0 unspecified atom stereocenters. The van der Waals surface area contributed by atoms with Gasteiger partial charge in [-0.2, -0.15) is 18.3 Å². The number of aliphatic hydroxyl groups is 1. The Bertz CT molecular complexity index is 1280. The van der Waals surface area contributed by atoms with Gasteiger partial charge in [0.2, 0.25) is 0 Å². The average molecular weight is 552 g/mol. The standard InChI is InChI=1S/C26H32F3N5O5/c1-25(2)10-19-21(20(36)11-25)22(26(27,28)29)33-34(19)14-5-8-16(23(31)37)18(9-14)32-13-3-6-15(7-4-13)39-24(38)17(30)12-35/h5,8-9,13,15,17,32,35H,3-4,6-7,10-12,30H2,1-2H3,(H2,31,37)/t13-,15-,17-/m0/s1. The monoisotopic (exact) mass is 551 g/mol. The summed E-state index contributed by atoms with van der Waals surface area (Å²) >= 11 is 0. The lowest BCUT2D eigenvalue weighted by Crippen LogP contribution is -2.39. The quantitative estimate of drug-likeness (QED) is 0.382. The van der Waals surface area contributed by atoms with Crippen molar-refractivity contribution >= 4 is 23.3 Å². The molecule has 2 aliphatic rings. The van der Waals surface area contributed by atoms with Crippen molar-refractivity contribution in [2.24, 2.45) is 16.9 Å². The van der Waals surface area contributed by atoms with Crippen molar-refractivity contribution in [1.82, 2.24) is 9.78 Å². The third kappa shape index (κ3) is 6.09. The number of carbonyl (C=O) groups excluding carboxylic acids is 3. The number of fused-ring (bicyclic) bond motifs is 1. The van der Waals surface area contributed by atoms with Crippen LogP contribution in [0, 0.1) is 5.41 Å². The molecule has 39 heavy (non-hydrogen) atoms. The molecule has 1 fully saturated rings. The van der Waals surface area contributed by atoms with E-state index in [1.165, 1.54) is 18.2 Å². The number of nitrogens with zero attached hydrogens (tertiary/aromatic N) is 2. The Balaban J connectivity index is 1.62. The van der Waals surface area contributed by atoms with E-state index in [0.717, 1.165) is 4.68 Å². The number of aliphatic hydroxyl groups excluding tert-OH is 1. The number of halogens is 3. The molecule has 13 heteroatoms. The van der Waals surface area contributed by atoms with Crippen molar-refractivity contribution in [3.8, 4) is 5.69 Å². The molecule has 212 valence electrons. The number of alkyl halides is 3. The first kappa shape index (κ1) is 28.6. The molecule has 1 aromatic heterocycles. The number of Topliss-reactive ketones (excluding diaryl/α,β-unsaturated/α-hetero) is 1. The molecule has 0 bridgehead atoms. The molecule has 0 saturated heterocycles. The van der Waals surface area contributed by atoms with E-state index in [1.54, 1.807) is 0 Å². The maximum atomic E-state index is 13.9. The summed E-state index contributed by atoms with van der Waals surface area (Å²) in [5.41, 5.74) is 9.76. The molecule has 0 aliphatic heterocycles. The first-order valence-electron chi connectivity index (χ1n) is 12.7. The van der Waals surface area contributed by atoms with Crippen LogP contribution in [-0.2, 0) is 22.1 Å². The van der Waals surface area contributed by atoms with Crippen molar-refractivity contribution in [1.29, 1.82) is 0 Å². The summed E-state index contributed by atoms with van der Waals surface area (Å²) < 4.78 is 48.0. The molecular formula is C26H32F3N5O5. The number of carbonyl (C=O) groups is 3. The van der Waals surface area contributed by atoms with Gasteiger partial charge in [0.1, 0.15) is 12.1 Å². The number of benzene rings is 1. The van der Waals surface area contributed by atoms with Crippen LogP contribution in [0.25, 0.3) is 5.69 Å². The van der Waals surface area contributed by atoms with Gasteiger partial charge in [-0.05, 0) is 55.7 Å². The van der Waals surface area contributed by atoms with Crippen LogP contribution in [0.3, 0.4) is 0 Å². The van der Waals surface area contributed by atoms with Crippen molar-refractivity contribution in [2.75, 3.05) is 11.9 Å². The topological polar surface area (TPSA) is 163 Å². The number of hydrogen-bond donors (Lipinski definition) is 4. The van der Waals surface area contributed by atoms with Crippen LogP contribution in [0.5, 0.6) is 0 Å². The van der Waals surface area contributed by atoms with Crippen LogP contribution >= 0.6 is 0 Å². The van der Waals surface area contributed by atoms with E-state index in [9.17, 15) is 27.6 Å². The minimum absolute atomic E-state index is 0.0217. The third-order valence-corrected chi connectivity index (χ3v) is 7.14. The van der Waals surface area contributed by atoms with E-state index in [0.29, 0.717) is 31.4 Å². The van der Waals surface area contributed by atoms with Gasteiger partial charge in [0.25, 0.3) is 5.91 Å². The summed E-state index contributed by atoms with van der Waals surface area (Å²) in [5, 5.41) is 16.1. The Morgan fingerprint density at radius 3 is 2.49 bits per heavy atom. The molecular weight excluding hydrogens is 519 g/mol. The summed E-state index contributed by atoms with van der Waals surface area (Å²) in [6.07, 6.45) is -2.86. The van der Waals surface area contributed by atoms with Crippen LogP contribution in [-0.4, -0.2) is 57.3 Å². The van der Waals surface area contributed by atoms with E-state index in [1.807, 2.05) is 13.8 Å². The van der Waals surface area contributed by atoms with Gasteiger partial charge < -0.3 is 26.6 Å². The zero-order valence-corrected chi connectivity index (χ0v) is 21.7. The van der Waals surface area contributed by atoms with Crippen LogP contribution in [0.1, 0.15) is 78.1 Å². The number of primary amides is 1. The number of rotatable bonds is 7. The molecule has 0 radical (unpaired) electrons. The van der Waals surface area contributed by atoms with E-state index in [2.05, 4.69) is 10.4 Å². The predicted octanol–water partition coefficient (Wildman–Crippen LogP) is 2.73. The second-order valence-electron chi connectivity index (χ2n) is 11.0. The molecule has 2 aliphatic carbocycles. The Morgan fingerprint density at radius 1 is 1.23 bits per heavy atom. The highest BCUT2D eigenvalue weighted by Gasteiger charge is 2.45. The van der Waals surface area contributed by atoms with Gasteiger partial charge in [-0.3, -0.25) is 14.4 Å². The van der Waals surface area contributed by atoms with Gasteiger partial charge in [0, 0.05) is 18.2 Å². The lowest BCUT2D eigenvalue weighted by Gasteiger charge is -2.31. The lowest BCUT2D eigenvalue weighted by molar-refractivity contribution is -0.153. The molecule has 10 nitrogen and oxygen atoms in total. The number of ketones is 1. The minimum atomic E-state index is -4.82. The van der Waals surface area contributed by atoms with E-state index >= 15 is 0 Å². The van der Waals surface area contributed by atoms with Gasteiger partial charge in [-0.25, -0.2) is 4.68 Å². The number of ether oxygens (including phenoxy) is 1. The van der Waals surface area contributed by atoms with Crippen LogP contribution in [0.2, 0.25) is 0 Å². The Hall–Kier alpha value is -3.45. The number of hydrogen-bond acceptors (Lipinski definition) is 8. The summed E-state index contributed by atoms with van der Waals surface area (Å²) in [6, 6.07) is 3.13. The number of esters is 1. The fourth-order valence-electron chi connectivity index (χ4n) is 5.23. The van der Waals surface area contributed by atoms with Gasteiger partial charge >= 0.3 is 12.1 Å². The summed E-state index contributed by atoms with van der Waals surface area (Å²) in [4.78, 5) is 36.8. The normalized spacial score (nSPS) is 21.7. The highest BCUT2D eigenvalue weighted by Crippen LogP contribution is 2.42. The fraction of sp³-hybridized carbons (Fsp3) is 0.538. The minimum Gasteiger partial charge on any atom is -0.461 e. The molecule has 0 spiro atoms. The number of nitrogens with one attached hydrogen (secondary N) is 1. The van der Waals surface area contributed by atoms with Gasteiger partial charge in [-0.1, -0.05) is 13.8 Å². The zero-order chi connectivity index (χ0) is 28.7. The maximum Gasteiger partial charge on any atom is 0.435 e. The fourth-order valence-corrected chi connectivity index (χ4v) is 5.23. The van der Waals surface area contributed by atoms with Crippen molar-refractivity contribution in [3.63, 3.8) is 0 Å². The number of nitrogens with two attached hydrogens (primary N) is 2. The third-order valence-electron chi connectivity index (χ3n) is 7.14. The summed E-state index contributed by atoms with van der Waals surface area (Å²) in [6.45, 7) is 3.11. The largest absolute Gasteiger partial charge is 0.461 e. The molecule has 1 atom stereocenters. The molecule has 1 aromatic carbocycles. The first-order valence-corrected chi connectivity index (χ1v) is 12.7. The maximum absolute atomic E-state index is 13.9. The predicted molar refractivity (Wildman–Crippen MR) is 134 cm³/mol. The molecule has 4 rings (SSSR count). The van der Waals surface area contributed by atoms with Gasteiger partial charge in [0.15, 0.2) is 11.5 Å². The van der Waals surface area contributed by atoms with Crippen LogP contribution < -0.4 is 16.8 Å². The molecule has 6 N–H and O–H groups in total. The smallest absolute Gasteiger partial charge is 0.435 e. The second kappa shape index (κ2) is 10.6. The number of amides is 1. The Kier molecular flexibility index (Phi) is 7.77. The van der Waals surface area contributed by atoms with Crippen molar-refractivity contribution < 1.29 is 37.4 Å². The van der Waals surface area contributed by atoms with Crippen molar-refractivity contribution in [3.05, 3.63) is 40.7 Å². The van der Waals surface area contributed by atoms with Crippen molar-refractivity contribution in [2.45, 2.75) is 76.7 Å². The Labute approximate surface area is 222 Å². The van der Waals surface area contributed by atoms with Crippen LogP contribution in [0.4, 0.5) is 18.9 Å². The molecule has 1 saturated carbocycles. The molecule has 2 aromatic rings. The van der Waals surface area contributed by atoms with E-state index in [-0.39, 0.29) is 41.9 Å². The van der Waals surface area contributed by atoms with Gasteiger partial charge in [-0.15, -0.1) is 0 Å². The second-order valence-corrected chi connectivity index (χ2v) is 11.0. The lowest BCUT2D eigenvalue weighted by atomic mass is 9.75. The summed E-state index contributed by atoms with van der Waals surface area (Å²) in [5.74, 6) is -2.01. The zero-order valence-electron chi connectivity index (χ0n) is 21.7. The van der Waals surface area contributed by atoms with E-state index < -0.39 is 53.2 Å². The summed E-state index contributed by atoms with van der Waals surface area (Å²) in [7, 11) is 0. The SMILES string of the molecule is CC1(C)CC(=O)c2c(C(F)(F)F)nn(-c3ccc(C(N)=O)c(N[C@H]4CC[C@H](OC(=O)[C@@H](N)CO)CC4)c3)c2C1. The molecule has 1 amide bonds. The molecule has 1 heterocycles. The average Bonchev–Trinajstić information content (AvgIpc) is 3.23. The Morgan fingerprint density at radius 2 is 1.90 bits per heavy atom. The number of anilines is 1. The van der Waals surface area contributed by atoms with Gasteiger partial charge in [0.05, 0.1) is 29.1 Å². The number of aromatic nitrogens is 2. The highest BCUT2D eigenvalue weighted by molar-refractivity contribution is 6.00.